The van der Waals surface area contributed by atoms with Gasteiger partial charge in [-0.05, 0) is 25.7 Å². The highest BCUT2D eigenvalue weighted by molar-refractivity contribution is 7.80. The van der Waals surface area contributed by atoms with E-state index < -0.39 is 21.8 Å². The van der Waals surface area contributed by atoms with E-state index in [2.05, 4.69) is 8.37 Å². The van der Waals surface area contributed by atoms with Gasteiger partial charge in [-0.1, -0.05) is 91.9 Å². The molecule has 0 aromatic rings. The number of unbranched alkanes of at least 4 members (excludes halogenated alkanes) is 10. The fraction of sp³-hybridized carbons (Fsp3) is 0.957. The monoisotopic (exact) mass is 513 g/mol. The van der Waals surface area contributed by atoms with E-state index in [1.807, 2.05) is 27.7 Å². The molecular weight excluding hydrogens is 468 g/mol. The van der Waals surface area contributed by atoms with Gasteiger partial charge in [0.2, 0.25) is 0 Å². The van der Waals surface area contributed by atoms with Crippen LogP contribution < -0.4 is 0 Å². The zero-order valence-corrected chi connectivity index (χ0v) is 22.6. The van der Waals surface area contributed by atoms with E-state index in [-0.39, 0.29) is 24.0 Å². The Kier molecular flexibility index (Phi) is 16.9. The standard InChI is InChI=1S/C23H46O8S2/c1-22(2,17-13-9-5-7-11-15-19-30-32(25)26)21(24)23(3,4)18-14-10-6-8-12-16-20-31-33(27,28)29/h5-20H2,1-4H3,(H,25,26)(H,27,28,29)/p-1. The minimum Gasteiger partial charge on any atom is -0.750 e. The average Bonchev–Trinajstić information content (AvgIpc) is 2.69. The number of hydrogen-bond acceptors (Lipinski definition) is 7. The van der Waals surface area contributed by atoms with Gasteiger partial charge in [-0.3, -0.25) is 9.35 Å². The van der Waals surface area contributed by atoms with Crippen molar-refractivity contribution in [3.8, 4) is 0 Å². The lowest BCUT2D eigenvalue weighted by Gasteiger charge is -2.33. The van der Waals surface area contributed by atoms with Crippen LogP contribution in [0, 0.1) is 10.8 Å². The summed E-state index contributed by atoms with van der Waals surface area (Å²) in [5.41, 5.74) is -0.697. The van der Waals surface area contributed by atoms with E-state index >= 15 is 0 Å². The van der Waals surface area contributed by atoms with Crippen molar-refractivity contribution in [2.75, 3.05) is 13.2 Å². The van der Waals surface area contributed by atoms with E-state index in [0.29, 0.717) is 12.2 Å². The molecule has 33 heavy (non-hydrogen) atoms. The van der Waals surface area contributed by atoms with Crippen LogP contribution in [0.5, 0.6) is 0 Å². The van der Waals surface area contributed by atoms with Gasteiger partial charge in [0, 0.05) is 10.8 Å². The van der Waals surface area contributed by atoms with Crippen LogP contribution in [-0.4, -0.2) is 40.7 Å². The first kappa shape index (κ1) is 32.6. The second-order valence-corrected chi connectivity index (χ2v) is 11.9. The maximum Gasteiger partial charge on any atom is 0.397 e. The second kappa shape index (κ2) is 17.1. The second-order valence-electron chi connectivity index (χ2n) is 10.1. The number of carbonyl (C=O) groups excluding carboxylic acids is 1. The number of hydrogen-bond donors (Lipinski definition) is 1. The quantitative estimate of drug-likeness (QED) is 0.111. The zero-order valence-electron chi connectivity index (χ0n) is 20.9. The number of Topliss-reactive ketones (excluding diaryl/α,β-unsaturated/α-hetero) is 1. The Morgan fingerprint density at radius 3 is 1.52 bits per heavy atom. The number of carbonyl (C=O) groups is 1. The van der Waals surface area contributed by atoms with E-state index in [1.54, 1.807) is 0 Å². The van der Waals surface area contributed by atoms with Gasteiger partial charge in [0.05, 0.1) is 24.6 Å². The summed E-state index contributed by atoms with van der Waals surface area (Å²) < 4.78 is 58.7. The normalized spacial score (nSPS) is 13.9. The lowest BCUT2D eigenvalue weighted by molar-refractivity contribution is -0.136. The molecule has 1 atom stereocenters. The summed E-state index contributed by atoms with van der Waals surface area (Å²) >= 11 is -2.42. The summed E-state index contributed by atoms with van der Waals surface area (Å²) in [5, 5.41) is 0. The molecule has 198 valence electrons. The summed E-state index contributed by atoms with van der Waals surface area (Å²) in [4.78, 5) is 13.2. The van der Waals surface area contributed by atoms with E-state index in [0.717, 1.165) is 83.5 Å². The first-order valence-corrected chi connectivity index (χ1v) is 14.5. The first-order valence-electron chi connectivity index (χ1n) is 12.2. The van der Waals surface area contributed by atoms with E-state index in [1.165, 1.54) is 0 Å². The smallest absolute Gasteiger partial charge is 0.397 e. The van der Waals surface area contributed by atoms with Crippen LogP contribution in [0.25, 0.3) is 0 Å². The molecule has 0 rings (SSSR count). The van der Waals surface area contributed by atoms with Crippen molar-refractivity contribution in [2.24, 2.45) is 10.8 Å². The molecule has 0 bridgehead atoms. The fourth-order valence-corrected chi connectivity index (χ4v) is 4.77. The number of ketones is 1. The molecule has 0 aliphatic heterocycles. The Labute approximate surface area is 204 Å². The first-order chi connectivity index (χ1) is 15.3. The maximum atomic E-state index is 13.2. The minimum atomic E-state index is -4.33. The van der Waals surface area contributed by atoms with Crippen molar-refractivity contribution in [3.05, 3.63) is 0 Å². The van der Waals surface area contributed by atoms with E-state index in [9.17, 15) is 22.0 Å². The summed E-state index contributed by atoms with van der Waals surface area (Å²) in [7, 11) is -4.33. The largest absolute Gasteiger partial charge is 0.750 e. The van der Waals surface area contributed by atoms with Crippen molar-refractivity contribution < 1.29 is 34.9 Å². The van der Waals surface area contributed by atoms with Crippen molar-refractivity contribution in [2.45, 2.75) is 118 Å². The highest BCUT2D eigenvalue weighted by Gasteiger charge is 2.37. The predicted octanol–water partition coefficient (Wildman–Crippen LogP) is 5.70. The van der Waals surface area contributed by atoms with Gasteiger partial charge in [-0.2, -0.15) is 8.42 Å². The Morgan fingerprint density at radius 2 is 1.12 bits per heavy atom. The number of rotatable bonds is 22. The molecule has 0 radical (unpaired) electrons. The third kappa shape index (κ3) is 18.6. The third-order valence-electron chi connectivity index (χ3n) is 6.03. The molecule has 0 aromatic carbocycles. The minimum absolute atomic E-state index is 0.0101. The van der Waals surface area contributed by atoms with Crippen molar-refractivity contribution in [1.29, 1.82) is 0 Å². The van der Waals surface area contributed by atoms with Crippen molar-refractivity contribution in [1.82, 2.24) is 0 Å². The Balaban J connectivity index is 3.95. The predicted molar refractivity (Wildman–Crippen MR) is 130 cm³/mol. The van der Waals surface area contributed by atoms with Crippen molar-refractivity contribution in [3.63, 3.8) is 0 Å². The fourth-order valence-electron chi connectivity index (χ4n) is 4.19. The van der Waals surface area contributed by atoms with Crippen LogP contribution in [-0.2, 0) is 34.9 Å². The average molecular weight is 514 g/mol. The van der Waals surface area contributed by atoms with Crippen molar-refractivity contribution >= 4 is 27.5 Å². The summed E-state index contributed by atoms with van der Waals surface area (Å²) in [6.45, 7) is 8.44. The molecule has 0 aliphatic carbocycles. The summed E-state index contributed by atoms with van der Waals surface area (Å²) in [6, 6.07) is 0. The molecular formula is C23H45O8S2-. The lowest BCUT2D eigenvalue weighted by atomic mass is 9.69. The molecule has 0 saturated carbocycles. The molecule has 1 N–H and O–H groups in total. The Bertz CT molecular complexity index is 659. The Hall–Kier alpha value is -0.390. The maximum absolute atomic E-state index is 13.2. The summed E-state index contributed by atoms with van der Waals surface area (Å²) in [6.07, 6.45) is 13.1. The highest BCUT2D eigenvalue weighted by Crippen LogP contribution is 2.37. The molecule has 0 aliphatic rings. The molecule has 1 unspecified atom stereocenters. The summed E-state index contributed by atoms with van der Waals surface area (Å²) in [5.74, 6) is 0.320. The van der Waals surface area contributed by atoms with Gasteiger partial charge in [0.25, 0.3) is 0 Å². The zero-order chi connectivity index (χ0) is 25.4. The topological polar surface area (TPSA) is 130 Å². The lowest BCUT2D eigenvalue weighted by Crippen LogP contribution is -2.37. The van der Waals surface area contributed by atoms with Crippen LogP contribution in [0.3, 0.4) is 0 Å². The van der Waals surface area contributed by atoms with E-state index in [4.69, 9.17) is 4.55 Å². The van der Waals surface area contributed by atoms with Crippen LogP contribution in [0.4, 0.5) is 0 Å². The van der Waals surface area contributed by atoms with Gasteiger partial charge in [0.1, 0.15) is 5.78 Å². The van der Waals surface area contributed by atoms with Crippen LogP contribution in [0.2, 0.25) is 0 Å². The molecule has 8 nitrogen and oxygen atoms in total. The third-order valence-corrected chi connectivity index (χ3v) is 6.86. The SMILES string of the molecule is CC(C)(CCCCCCCCOS(=O)[O-])C(=O)C(C)(C)CCCCCCCCOS(=O)(=O)O. The molecule has 0 saturated heterocycles. The molecule has 0 heterocycles. The van der Waals surface area contributed by atoms with Gasteiger partial charge >= 0.3 is 10.4 Å². The van der Waals surface area contributed by atoms with Crippen LogP contribution in [0.1, 0.15) is 118 Å². The van der Waals surface area contributed by atoms with Gasteiger partial charge < -0.3 is 8.74 Å². The van der Waals surface area contributed by atoms with Gasteiger partial charge in [-0.25, -0.2) is 8.39 Å². The molecule has 10 heteroatoms. The molecule has 0 aromatic heterocycles. The molecule has 0 fully saturated rings. The van der Waals surface area contributed by atoms with Gasteiger partial charge in [0.15, 0.2) is 0 Å². The Morgan fingerprint density at radius 1 is 0.758 bits per heavy atom. The van der Waals surface area contributed by atoms with Crippen LogP contribution >= 0.6 is 0 Å². The van der Waals surface area contributed by atoms with Gasteiger partial charge in [-0.15, -0.1) is 0 Å². The van der Waals surface area contributed by atoms with Crippen LogP contribution in [0.15, 0.2) is 0 Å². The highest BCUT2D eigenvalue weighted by atomic mass is 32.3. The molecule has 0 spiro atoms. The molecule has 0 amide bonds.